The first-order chi connectivity index (χ1) is 7.74. The Morgan fingerprint density at radius 3 is 3.12 bits per heavy atom. The van der Waals surface area contributed by atoms with E-state index in [-0.39, 0.29) is 12.3 Å². The summed E-state index contributed by atoms with van der Waals surface area (Å²) < 4.78 is 5.09. The highest BCUT2D eigenvalue weighted by molar-refractivity contribution is 5.77. The zero-order chi connectivity index (χ0) is 11.4. The lowest BCUT2D eigenvalue weighted by molar-refractivity contribution is -0.120. The van der Waals surface area contributed by atoms with Crippen molar-refractivity contribution in [3.63, 3.8) is 0 Å². The van der Waals surface area contributed by atoms with Crippen molar-refractivity contribution in [2.24, 2.45) is 0 Å². The average Bonchev–Trinajstić information content (AvgIpc) is 2.87. The minimum atomic E-state index is -0.129. The summed E-state index contributed by atoms with van der Waals surface area (Å²) in [4.78, 5) is 15.5. The number of H-pyrrole nitrogens is 1. The van der Waals surface area contributed by atoms with Crippen LogP contribution in [0.4, 0.5) is 0 Å². The lowest BCUT2D eigenvalue weighted by Gasteiger charge is -2.00. The number of hydrogen-bond acceptors (Lipinski definition) is 4. The molecule has 0 saturated heterocycles. The number of nitrogens with one attached hydrogen (secondary N) is 2. The van der Waals surface area contributed by atoms with Gasteiger partial charge in [-0.25, -0.2) is 4.98 Å². The molecule has 6 heteroatoms. The predicted molar refractivity (Wildman–Crippen MR) is 55.4 cm³/mol. The molecule has 2 heterocycles. The van der Waals surface area contributed by atoms with Gasteiger partial charge in [0, 0.05) is 0 Å². The molecule has 0 aliphatic carbocycles. The summed E-state index contributed by atoms with van der Waals surface area (Å²) in [6, 6.07) is 3.58. The first kappa shape index (κ1) is 10.4. The van der Waals surface area contributed by atoms with Gasteiger partial charge in [-0.3, -0.25) is 9.89 Å². The molecule has 0 fully saturated rings. The summed E-state index contributed by atoms with van der Waals surface area (Å²) in [5.41, 5.74) is 0. The van der Waals surface area contributed by atoms with Gasteiger partial charge in [0.05, 0.1) is 19.2 Å². The number of carbonyl (C=O) groups is 1. The van der Waals surface area contributed by atoms with E-state index in [1.807, 2.05) is 0 Å². The maximum absolute atomic E-state index is 11.5. The van der Waals surface area contributed by atoms with E-state index in [0.29, 0.717) is 18.2 Å². The van der Waals surface area contributed by atoms with Crippen LogP contribution in [0.3, 0.4) is 0 Å². The Labute approximate surface area is 92.1 Å². The predicted octanol–water partition coefficient (Wildman–Crippen LogP) is 0.565. The van der Waals surface area contributed by atoms with E-state index in [1.165, 1.54) is 0 Å². The number of rotatable bonds is 4. The molecule has 0 bridgehead atoms. The zero-order valence-electron chi connectivity index (χ0n) is 8.86. The summed E-state index contributed by atoms with van der Waals surface area (Å²) in [5.74, 6) is 1.79. The van der Waals surface area contributed by atoms with Gasteiger partial charge in [-0.05, 0) is 19.1 Å². The van der Waals surface area contributed by atoms with Crippen molar-refractivity contribution < 1.29 is 9.21 Å². The summed E-state index contributed by atoms with van der Waals surface area (Å²) in [7, 11) is 0. The molecule has 0 atom stereocenters. The zero-order valence-corrected chi connectivity index (χ0v) is 8.86. The first-order valence-electron chi connectivity index (χ1n) is 4.91. The highest BCUT2D eigenvalue weighted by Gasteiger charge is 2.07. The quantitative estimate of drug-likeness (QED) is 0.788. The van der Waals surface area contributed by atoms with Crippen molar-refractivity contribution in [2.75, 3.05) is 0 Å². The van der Waals surface area contributed by atoms with E-state index in [4.69, 9.17) is 4.42 Å². The van der Waals surface area contributed by atoms with Crippen molar-refractivity contribution in [1.29, 1.82) is 0 Å². The van der Waals surface area contributed by atoms with E-state index < -0.39 is 0 Å². The van der Waals surface area contributed by atoms with E-state index in [1.54, 1.807) is 25.3 Å². The minimum absolute atomic E-state index is 0.129. The van der Waals surface area contributed by atoms with E-state index >= 15 is 0 Å². The number of aromatic nitrogens is 3. The molecule has 84 valence electrons. The third-order valence-electron chi connectivity index (χ3n) is 2.00. The van der Waals surface area contributed by atoms with Crippen LogP contribution in [-0.4, -0.2) is 21.1 Å². The summed E-state index contributed by atoms with van der Waals surface area (Å²) in [6.07, 6.45) is 1.74. The van der Waals surface area contributed by atoms with Gasteiger partial charge in [0.1, 0.15) is 11.6 Å². The molecule has 2 rings (SSSR count). The molecule has 6 nitrogen and oxygen atoms in total. The maximum Gasteiger partial charge on any atom is 0.228 e. The Morgan fingerprint density at radius 1 is 1.62 bits per heavy atom. The topological polar surface area (TPSA) is 83.8 Å². The van der Waals surface area contributed by atoms with Crippen LogP contribution in [0.1, 0.15) is 17.4 Å². The summed E-state index contributed by atoms with van der Waals surface area (Å²) in [6.45, 7) is 2.17. The number of hydrogen-bond donors (Lipinski definition) is 2. The van der Waals surface area contributed by atoms with Gasteiger partial charge in [-0.15, -0.1) is 0 Å². The third-order valence-corrected chi connectivity index (χ3v) is 2.00. The normalized spacial score (nSPS) is 10.3. The van der Waals surface area contributed by atoms with Crippen molar-refractivity contribution in [1.82, 2.24) is 20.5 Å². The molecule has 0 aromatic carbocycles. The monoisotopic (exact) mass is 220 g/mol. The number of amides is 1. The van der Waals surface area contributed by atoms with Crippen LogP contribution in [-0.2, 0) is 17.8 Å². The minimum Gasteiger partial charge on any atom is -0.467 e. The molecule has 2 N–H and O–H groups in total. The highest BCUT2D eigenvalue weighted by Crippen LogP contribution is 1.99. The Bertz CT molecular complexity index is 461. The van der Waals surface area contributed by atoms with Gasteiger partial charge in [0.2, 0.25) is 5.91 Å². The Balaban J connectivity index is 1.81. The lowest BCUT2D eigenvalue weighted by Crippen LogP contribution is -2.24. The standard InChI is InChI=1S/C10H12N4O2/c1-7-12-9(14-13-7)5-10(15)11-6-8-3-2-4-16-8/h2-4H,5-6H2,1H3,(H,11,15)(H,12,13,14). The second-order valence-corrected chi connectivity index (χ2v) is 3.37. The van der Waals surface area contributed by atoms with Gasteiger partial charge >= 0.3 is 0 Å². The molecule has 0 radical (unpaired) electrons. The fraction of sp³-hybridized carbons (Fsp3) is 0.300. The van der Waals surface area contributed by atoms with Crippen LogP contribution in [0.5, 0.6) is 0 Å². The van der Waals surface area contributed by atoms with Crippen LogP contribution >= 0.6 is 0 Å². The Hall–Kier alpha value is -2.11. The number of aromatic amines is 1. The Morgan fingerprint density at radius 2 is 2.50 bits per heavy atom. The van der Waals surface area contributed by atoms with Gasteiger partial charge in [0.15, 0.2) is 5.82 Å². The van der Waals surface area contributed by atoms with Gasteiger partial charge < -0.3 is 9.73 Å². The average molecular weight is 220 g/mol. The van der Waals surface area contributed by atoms with Crippen molar-refractivity contribution in [2.45, 2.75) is 19.9 Å². The van der Waals surface area contributed by atoms with Gasteiger partial charge in [-0.2, -0.15) is 5.10 Å². The molecule has 2 aromatic rings. The fourth-order valence-corrected chi connectivity index (χ4v) is 1.27. The molecule has 0 saturated carbocycles. The largest absolute Gasteiger partial charge is 0.467 e. The first-order valence-corrected chi connectivity index (χ1v) is 4.91. The smallest absolute Gasteiger partial charge is 0.228 e. The van der Waals surface area contributed by atoms with Crippen molar-refractivity contribution in [3.05, 3.63) is 35.8 Å². The van der Waals surface area contributed by atoms with Crippen LogP contribution in [0.2, 0.25) is 0 Å². The highest BCUT2D eigenvalue weighted by atomic mass is 16.3. The number of nitrogens with zero attached hydrogens (tertiary/aromatic N) is 2. The second-order valence-electron chi connectivity index (χ2n) is 3.37. The van der Waals surface area contributed by atoms with Crippen LogP contribution in [0.25, 0.3) is 0 Å². The van der Waals surface area contributed by atoms with Crippen molar-refractivity contribution >= 4 is 5.91 Å². The maximum atomic E-state index is 11.5. The van der Waals surface area contributed by atoms with E-state index in [0.717, 1.165) is 5.76 Å². The second kappa shape index (κ2) is 4.61. The van der Waals surface area contributed by atoms with Gasteiger partial charge in [0.25, 0.3) is 0 Å². The van der Waals surface area contributed by atoms with Crippen molar-refractivity contribution in [3.8, 4) is 0 Å². The van der Waals surface area contributed by atoms with Crippen LogP contribution in [0.15, 0.2) is 22.8 Å². The van der Waals surface area contributed by atoms with E-state index in [2.05, 4.69) is 20.5 Å². The molecular formula is C10H12N4O2. The molecular weight excluding hydrogens is 208 g/mol. The third kappa shape index (κ3) is 2.69. The van der Waals surface area contributed by atoms with Crippen LogP contribution in [0, 0.1) is 6.92 Å². The summed E-state index contributed by atoms with van der Waals surface area (Å²) in [5, 5.41) is 9.28. The molecule has 0 aliphatic heterocycles. The fourth-order valence-electron chi connectivity index (χ4n) is 1.27. The van der Waals surface area contributed by atoms with Crippen LogP contribution < -0.4 is 5.32 Å². The number of aryl methyl sites for hydroxylation is 1. The number of furan rings is 1. The molecule has 16 heavy (non-hydrogen) atoms. The molecule has 0 aliphatic rings. The van der Waals surface area contributed by atoms with Gasteiger partial charge in [-0.1, -0.05) is 0 Å². The lowest BCUT2D eigenvalue weighted by atomic mass is 10.3. The molecule has 1 amide bonds. The van der Waals surface area contributed by atoms with E-state index in [9.17, 15) is 4.79 Å². The Kier molecular flexibility index (Phi) is 3.00. The summed E-state index contributed by atoms with van der Waals surface area (Å²) >= 11 is 0. The molecule has 2 aromatic heterocycles. The molecule has 0 unspecified atom stereocenters. The number of carbonyl (C=O) groups excluding carboxylic acids is 1. The molecule has 0 spiro atoms. The SMILES string of the molecule is Cc1nc(CC(=O)NCc2ccco2)n[nH]1.